The van der Waals surface area contributed by atoms with Gasteiger partial charge in [-0.1, -0.05) is 25.5 Å². The number of benzene rings is 1. The normalized spacial score (nSPS) is 20.5. The molecule has 5 nitrogen and oxygen atoms in total. The number of unbranched alkanes of at least 4 members (excludes halogenated alkanes) is 1. The average Bonchev–Trinajstić information content (AvgIpc) is 2.62. The highest BCUT2D eigenvalue weighted by atomic mass is 16.5. The Morgan fingerprint density at radius 1 is 1.16 bits per heavy atom. The van der Waals surface area contributed by atoms with Crippen LogP contribution in [0.5, 0.6) is 5.75 Å². The molecule has 1 aliphatic carbocycles. The van der Waals surface area contributed by atoms with Crippen molar-refractivity contribution in [3.8, 4) is 5.75 Å². The van der Waals surface area contributed by atoms with Crippen molar-refractivity contribution >= 4 is 18.0 Å². The summed E-state index contributed by atoms with van der Waals surface area (Å²) in [7, 11) is 0. The molecule has 0 bridgehead atoms. The summed E-state index contributed by atoms with van der Waals surface area (Å²) >= 11 is 0. The van der Waals surface area contributed by atoms with Gasteiger partial charge < -0.3 is 14.6 Å². The van der Waals surface area contributed by atoms with E-state index in [4.69, 9.17) is 14.6 Å². The van der Waals surface area contributed by atoms with Gasteiger partial charge in [0.05, 0.1) is 12.0 Å². The van der Waals surface area contributed by atoms with E-state index in [1.165, 1.54) is 6.08 Å². The van der Waals surface area contributed by atoms with E-state index in [9.17, 15) is 9.59 Å². The molecule has 0 spiro atoms. The quantitative estimate of drug-likeness (QED) is 0.332. The molecule has 0 radical (unpaired) electrons. The second-order valence-electron chi connectivity index (χ2n) is 6.36. The van der Waals surface area contributed by atoms with Crippen LogP contribution in [-0.2, 0) is 14.3 Å². The van der Waals surface area contributed by atoms with Crippen LogP contribution in [0.1, 0.15) is 51.0 Å². The molecule has 1 N–H and O–H groups in total. The molecule has 0 aliphatic heterocycles. The van der Waals surface area contributed by atoms with Gasteiger partial charge in [-0.15, -0.1) is 0 Å². The Hall–Kier alpha value is -2.14. The number of carboxylic acids is 1. The molecule has 1 aromatic carbocycles. The average molecular weight is 346 g/mol. The first-order valence-electron chi connectivity index (χ1n) is 8.93. The smallest absolute Gasteiger partial charge is 0.328 e. The monoisotopic (exact) mass is 346 g/mol. The number of carbonyl (C=O) groups excluding carboxylic acids is 1. The van der Waals surface area contributed by atoms with Gasteiger partial charge in [0.15, 0.2) is 0 Å². The Morgan fingerprint density at radius 2 is 1.84 bits per heavy atom. The van der Waals surface area contributed by atoms with Crippen LogP contribution in [0.2, 0.25) is 0 Å². The fourth-order valence-electron chi connectivity index (χ4n) is 2.87. The molecule has 1 saturated carbocycles. The van der Waals surface area contributed by atoms with E-state index in [1.807, 2.05) is 0 Å². The Balaban J connectivity index is 1.77. The first kappa shape index (κ1) is 19.2. The van der Waals surface area contributed by atoms with Gasteiger partial charge in [0, 0.05) is 12.7 Å². The predicted octanol–water partition coefficient (Wildman–Crippen LogP) is 4.07. The highest BCUT2D eigenvalue weighted by Crippen LogP contribution is 2.28. The van der Waals surface area contributed by atoms with Crippen LogP contribution in [0.3, 0.4) is 0 Å². The summed E-state index contributed by atoms with van der Waals surface area (Å²) in [6, 6.07) is 6.80. The van der Waals surface area contributed by atoms with Gasteiger partial charge in [-0.05, 0) is 55.9 Å². The van der Waals surface area contributed by atoms with E-state index in [-0.39, 0.29) is 18.0 Å². The molecular formula is C20H26O5. The van der Waals surface area contributed by atoms with Crippen molar-refractivity contribution in [3.05, 3.63) is 35.9 Å². The van der Waals surface area contributed by atoms with Crippen LogP contribution in [0.15, 0.2) is 30.3 Å². The minimum Gasteiger partial charge on any atom is -0.478 e. The number of esters is 1. The molecular weight excluding hydrogens is 320 g/mol. The standard InChI is InChI=1S/C20H26O5/c1-2-3-14-24-17-11-7-16(8-12-17)20(23)25-18-9-4-15(5-10-18)6-13-19(21)22/h4-6,9-10,13,16-17H,2-3,7-8,11-12,14H2,1H3,(H,21,22)/b13-6+. The maximum absolute atomic E-state index is 12.3. The number of rotatable bonds is 8. The van der Waals surface area contributed by atoms with E-state index >= 15 is 0 Å². The summed E-state index contributed by atoms with van der Waals surface area (Å²) in [6.45, 7) is 2.95. The summed E-state index contributed by atoms with van der Waals surface area (Å²) in [5.74, 6) is -0.776. The van der Waals surface area contributed by atoms with Crippen molar-refractivity contribution < 1.29 is 24.2 Å². The minimum absolute atomic E-state index is 0.0717. The number of carbonyl (C=O) groups is 2. The van der Waals surface area contributed by atoms with Crippen LogP contribution in [-0.4, -0.2) is 29.8 Å². The molecule has 1 aliphatic rings. The van der Waals surface area contributed by atoms with E-state index in [1.54, 1.807) is 24.3 Å². The van der Waals surface area contributed by atoms with Crippen molar-refractivity contribution in [3.63, 3.8) is 0 Å². The van der Waals surface area contributed by atoms with E-state index in [0.29, 0.717) is 5.75 Å². The van der Waals surface area contributed by atoms with Crippen molar-refractivity contribution in [2.75, 3.05) is 6.61 Å². The number of hydrogen-bond donors (Lipinski definition) is 1. The summed E-state index contributed by atoms with van der Waals surface area (Å²) in [5.41, 5.74) is 0.743. The lowest BCUT2D eigenvalue weighted by Crippen LogP contribution is -2.29. The van der Waals surface area contributed by atoms with Gasteiger partial charge >= 0.3 is 11.9 Å². The summed E-state index contributed by atoms with van der Waals surface area (Å²) < 4.78 is 11.3. The van der Waals surface area contributed by atoms with Crippen LogP contribution in [0.4, 0.5) is 0 Å². The molecule has 0 aromatic heterocycles. The van der Waals surface area contributed by atoms with E-state index in [0.717, 1.165) is 56.8 Å². The predicted molar refractivity (Wildman–Crippen MR) is 95.4 cm³/mol. The number of aliphatic carboxylic acids is 1. The molecule has 2 rings (SSSR count). The van der Waals surface area contributed by atoms with Gasteiger partial charge in [0.25, 0.3) is 0 Å². The van der Waals surface area contributed by atoms with Gasteiger partial charge in [0.1, 0.15) is 5.75 Å². The van der Waals surface area contributed by atoms with Crippen LogP contribution in [0, 0.1) is 5.92 Å². The largest absolute Gasteiger partial charge is 0.478 e. The van der Waals surface area contributed by atoms with Crippen LogP contribution >= 0.6 is 0 Å². The van der Waals surface area contributed by atoms with Crippen molar-refractivity contribution in [2.45, 2.75) is 51.6 Å². The lowest BCUT2D eigenvalue weighted by atomic mass is 9.87. The maximum atomic E-state index is 12.3. The fraction of sp³-hybridized carbons (Fsp3) is 0.500. The van der Waals surface area contributed by atoms with E-state index < -0.39 is 5.97 Å². The lowest BCUT2D eigenvalue weighted by molar-refractivity contribution is -0.141. The third-order valence-electron chi connectivity index (χ3n) is 4.38. The number of carboxylic acid groups (broad SMARTS) is 1. The summed E-state index contributed by atoms with van der Waals surface area (Å²) in [6.07, 6.45) is 8.47. The molecule has 0 unspecified atom stereocenters. The minimum atomic E-state index is -0.996. The summed E-state index contributed by atoms with van der Waals surface area (Å²) in [4.78, 5) is 22.8. The highest BCUT2D eigenvalue weighted by molar-refractivity contribution is 5.85. The SMILES string of the molecule is CCCCOC1CCC(C(=O)Oc2ccc(/C=C/C(=O)O)cc2)CC1. The Bertz CT molecular complexity index is 583. The number of ether oxygens (including phenoxy) is 2. The topological polar surface area (TPSA) is 72.8 Å². The first-order chi connectivity index (χ1) is 12.1. The Labute approximate surface area is 148 Å². The van der Waals surface area contributed by atoms with Crippen LogP contribution < -0.4 is 4.74 Å². The van der Waals surface area contributed by atoms with Gasteiger partial charge in [-0.2, -0.15) is 0 Å². The van der Waals surface area contributed by atoms with E-state index in [2.05, 4.69) is 6.92 Å². The highest BCUT2D eigenvalue weighted by Gasteiger charge is 2.28. The molecule has 0 saturated heterocycles. The van der Waals surface area contributed by atoms with Crippen molar-refractivity contribution in [1.29, 1.82) is 0 Å². The summed E-state index contributed by atoms with van der Waals surface area (Å²) in [5, 5.41) is 8.61. The molecule has 25 heavy (non-hydrogen) atoms. The fourth-order valence-corrected chi connectivity index (χ4v) is 2.87. The Morgan fingerprint density at radius 3 is 2.44 bits per heavy atom. The zero-order chi connectivity index (χ0) is 18.1. The van der Waals surface area contributed by atoms with Crippen molar-refractivity contribution in [1.82, 2.24) is 0 Å². The molecule has 136 valence electrons. The first-order valence-corrected chi connectivity index (χ1v) is 8.93. The van der Waals surface area contributed by atoms with Crippen molar-refractivity contribution in [2.24, 2.45) is 5.92 Å². The molecule has 1 aromatic rings. The van der Waals surface area contributed by atoms with Gasteiger partial charge in [-0.25, -0.2) is 4.79 Å². The zero-order valence-corrected chi connectivity index (χ0v) is 14.6. The molecule has 5 heteroatoms. The molecule has 0 atom stereocenters. The lowest BCUT2D eigenvalue weighted by Gasteiger charge is -2.27. The number of hydrogen-bond acceptors (Lipinski definition) is 4. The zero-order valence-electron chi connectivity index (χ0n) is 14.6. The second kappa shape index (κ2) is 9.99. The molecule has 1 fully saturated rings. The van der Waals surface area contributed by atoms with Crippen LogP contribution in [0.25, 0.3) is 6.08 Å². The molecule has 0 amide bonds. The van der Waals surface area contributed by atoms with Gasteiger partial charge in [0.2, 0.25) is 0 Å². The maximum Gasteiger partial charge on any atom is 0.328 e. The third-order valence-corrected chi connectivity index (χ3v) is 4.38. The Kier molecular flexibility index (Phi) is 7.67. The third kappa shape index (κ3) is 6.70. The molecule has 0 heterocycles. The second-order valence-corrected chi connectivity index (χ2v) is 6.36. The van der Waals surface area contributed by atoms with Gasteiger partial charge in [-0.3, -0.25) is 4.79 Å².